The molecule has 0 bridgehead atoms. The molecule has 2 fully saturated rings. The lowest BCUT2D eigenvalue weighted by atomic mass is 9.68. The van der Waals surface area contributed by atoms with E-state index in [0.717, 1.165) is 18.7 Å². The molecular formula is C15H19NO2. The van der Waals surface area contributed by atoms with Gasteiger partial charge in [0.05, 0.1) is 5.56 Å². The minimum atomic E-state index is -0.839. The third kappa shape index (κ3) is 2.15. The third-order valence-corrected chi connectivity index (χ3v) is 4.51. The normalized spacial score (nSPS) is 22.0. The average molecular weight is 245 g/mol. The van der Waals surface area contributed by atoms with Crippen LogP contribution in [0.3, 0.4) is 0 Å². The van der Waals surface area contributed by atoms with Crippen LogP contribution in [0.15, 0.2) is 24.3 Å². The van der Waals surface area contributed by atoms with Crippen molar-refractivity contribution in [2.75, 3.05) is 13.1 Å². The molecule has 96 valence electrons. The lowest BCUT2D eigenvalue weighted by molar-refractivity contribution is 0.0696. The first kappa shape index (κ1) is 11.7. The van der Waals surface area contributed by atoms with Gasteiger partial charge in [0.2, 0.25) is 0 Å². The van der Waals surface area contributed by atoms with Gasteiger partial charge in [-0.3, -0.25) is 4.90 Å². The van der Waals surface area contributed by atoms with Crippen molar-refractivity contribution in [2.24, 2.45) is 5.41 Å². The summed E-state index contributed by atoms with van der Waals surface area (Å²) in [6.07, 6.45) is 5.49. The van der Waals surface area contributed by atoms with Crippen molar-refractivity contribution in [2.45, 2.75) is 32.2 Å². The summed E-state index contributed by atoms with van der Waals surface area (Å²) in [5, 5.41) is 8.99. The minimum absolute atomic E-state index is 0.394. The fourth-order valence-electron chi connectivity index (χ4n) is 3.31. The topological polar surface area (TPSA) is 40.5 Å². The Bertz CT molecular complexity index is 465. The maximum absolute atomic E-state index is 10.9. The van der Waals surface area contributed by atoms with Gasteiger partial charge in [0.15, 0.2) is 0 Å². The molecule has 1 saturated carbocycles. The quantitative estimate of drug-likeness (QED) is 0.890. The van der Waals surface area contributed by atoms with E-state index in [-0.39, 0.29) is 0 Å². The molecule has 3 nitrogen and oxygen atoms in total. The Kier molecular flexibility index (Phi) is 2.86. The Hall–Kier alpha value is -1.35. The minimum Gasteiger partial charge on any atom is -0.478 e. The van der Waals surface area contributed by atoms with E-state index in [1.165, 1.54) is 32.2 Å². The molecule has 1 aliphatic carbocycles. The maximum Gasteiger partial charge on any atom is 0.335 e. The average Bonchev–Trinajstić information content (AvgIpc) is 2.73. The highest BCUT2D eigenvalue weighted by molar-refractivity contribution is 5.87. The van der Waals surface area contributed by atoms with Crippen LogP contribution in [0.25, 0.3) is 0 Å². The van der Waals surface area contributed by atoms with Gasteiger partial charge >= 0.3 is 5.97 Å². The summed E-state index contributed by atoms with van der Waals surface area (Å²) in [5.41, 5.74) is 2.13. The SMILES string of the molecule is O=C(O)c1cccc(CN2CCC3(CCC3)C2)c1. The summed E-state index contributed by atoms with van der Waals surface area (Å²) in [4.78, 5) is 13.4. The van der Waals surface area contributed by atoms with Crippen molar-refractivity contribution in [3.05, 3.63) is 35.4 Å². The van der Waals surface area contributed by atoms with Gasteiger partial charge < -0.3 is 5.11 Å². The second-order valence-corrected chi connectivity index (χ2v) is 5.82. The van der Waals surface area contributed by atoms with Gasteiger partial charge in [-0.25, -0.2) is 4.79 Å². The highest BCUT2D eigenvalue weighted by Crippen LogP contribution is 2.48. The van der Waals surface area contributed by atoms with Crippen LogP contribution in [0.5, 0.6) is 0 Å². The number of rotatable bonds is 3. The smallest absolute Gasteiger partial charge is 0.335 e. The maximum atomic E-state index is 10.9. The van der Waals surface area contributed by atoms with Crippen LogP contribution in [-0.4, -0.2) is 29.1 Å². The van der Waals surface area contributed by atoms with Crippen LogP contribution in [0.2, 0.25) is 0 Å². The zero-order valence-electron chi connectivity index (χ0n) is 10.6. The second kappa shape index (κ2) is 4.39. The molecule has 1 aromatic carbocycles. The molecule has 0 aromatic heterocycles. The summed E-state index contributed by atoms with van der Waals surface area (Å²) < 4.78 is 0. The highest BCUT2D eigenvalue weighted by atomic mass is 16.4. The molecule has 2 aliphatic rings. The number of hydrogen-bond acceptors (Lipinski definition) is 2. The molecule has 0 unspecified atom stereocenters. The largest absolute Gasteiger partial charge is 0.478 e. The Labute approximate surface area is 107 Å². The van der Waals surface area contributed by atoms with Gasteiger partial charge in [-0.05, 0) is 48.9 Å². The van der Waals surface area contributed by atoms with Gasteiger partial charge in [-0.15, -0.1) is 0 Å². The zero-order valence-corrected chi connectivity index (χ0v) is 10.6. The van der Waals surface area contributed by atoms with Gasteiger partial charge in [0.25, 0.3) is 0 Å². The fourth-order valence-corrected chi connectivity index (χ4v) is 3.31. The summed E-state index contributed by atoms with van der Waals surface area (Å²) in [6.45, 7) is 3.25. The predicted molar refractivity (Wildman–Crippen MR) is 69.6 cm³/mol. The zero-order chi connectivity index (χ0) is 12.6. The molecule has 1 aliphatic heterocycles. The van der Waals surface area contributed by atoms with Crippen molar-refractivity contribution in [3.8, 4) is 0 Å². The first-order valence-corrected chi connectivity index (χ1v) is 6.72. The highest BCUT2D eigenvalue weighted by Gasteiger charge is 2.42. The van der Waals surface area contributed by atoms with Gasteiger partial charge in [-0.1, -0.05) is 18.6 Å². The fraction of sp³-hybridized carbons (Fsp3) is 0.533. The molecule has 0 amide bonds. The van der Waals surface area contributed by atoms with E-state index in [2.05, 4.69) is 4.90 Å². The van der Waals surface area contributed by atoms with E-state index in [0.29, 0.717) is 11.0 Å². The van der Waals surface area contributed by atoms with Crippen LogP contribution < -0.4 is 0 Å². The first-order chi connectivity index (χ1) is 8.67. The molecule has 1 aromatic rings. The Morgan fingerprint density at radius 1 is 1.33 bits per heavy atom. The molecule has 18 heavy (non-hydrogen) atoms. The third-order valence-electron chi connectivity index (χ3n) is 4.51. The van der Waals surface area contributed by atoms with Crippen molar-refractivity contribution in [1.29, 1.82) is 0 Å². The lowest BCUT2D eigenvalue weighted by Gasteiger charge is -2.38. The molecule has 1 heterocycles. The number of carboxylic acid groups (broad SMARTS) is 1. The standard InChI is InChI=1S/C15H19NO2/c17-14(18)13-4-1-3-12(9-13)10-16-8-7-15(11-16)5-2-6-15/h1,3-4,9H,2,5-8,10-11H2,(H,17,18). The Morgan fingerprint density at radius 2 is 2.17 bits per heavy atom. The van der Waals surface area contributed by atoms with E-state index in [4.69, 9.17) is 5.11 Å². The monoisotopic (exact) mass is 245 g/mol. The number of carboxylic acids is 1. The molecular weight excluding hydrogens is 226 g/mol. The summed E-state index contributed by atoms with van der Waals surface area (Å²) in [6, 6.07) is 7.32. The first-order valence-electron chi connectivity index (χ1n) is 6.72. The van der Waals surface area contributed by atoms with E-state index in [9.17, 15) is 4.79 Å². The summed E-state index contributed by atoms with van der Waals surface area (Å²) >= 11 is 0. The second-order valence-electron chi connectivity index (χ2n) is 5.82. The predicted octanol–water partition coefficient (Wildman–Crippen LogP) is 2.76. The van der Waals surface area contributed by atoms with Crippen molar-refractivity contribution in [3.63, 3.8) is 0 Å². The molecule has 1 spiro atoms. The van der Waals surface area contributed by atoms with Gasteiger partial charge in [0, 0.05) is 13.1 Å². The van der Waals surface area contributed by atoms with Crippen molar-refractivity contribution >= 4 is 5.97 Å². The summed E-state index contributed by atoms with van der Waals surface area (Å²) in [5.74, 6) is -0.839. The number of carbonyl (C=O) groups is 1. The molecule has 3 heteroatoms. The number of hydrogen-bond donors (Lipinski definition) is 1. The van der Waals surface area contributed by atoms with E-state index >= 15 is 0 Å². The Balaban J connectivity index is 1.66. The van der Waals surface area contributed by atoms with Gasteiger partial charge in [-0.2, -0.15) is 0 Å². The van der Waals surface area contributed by atoms with Crippen LogP contribution in [0.1, 0.15) is 41.6 Å². The molecule has 1 N–H and O–H groups in total. The molecule has 1 saturated heterocycles. The number of benzene rings is 1. The van der Waals surface area contributed by atoms with E-state index in [1.54, 1.807) is 12.1 Å². The van der Waals surface area contributed by atoms with Crippen LogP contribution in [0.4, 0.5) is 0 Å². The number of aromatic carboxylic acids is 1. The number of nitrogens with zero attached hydrogens (tertiary/aromatic N) is 1. The van der Waals surface area contributed by atoms with Crippen molar-refractivity contribution in [1.82, 2.24) is 4.90 Å². The van der Waals surface area contributed by atoms with Crippen molar-refractivity contribution < 1.29 is 9.90 Å². The van der Waals surface area contributed by atoms with E-state index < -0.39 is 5.97 Å². The lowest BCUT2D eigenvalue weighted by Crippen LogP contribution is -2.32. The molecule has 3 rings (SSSR count). The van der Waals surface area contributed by atoms with E-state index in [1.807, 2.05) is 12.1 Å². The van der Waals surface area contributed by atoms with Crippen LogP contribution >= 0.6 is 0 Å². The molecule has 0 atom stereocenters. The molecule has 0 radical (unpaired) electrons. The van der Waals surface area contributed by atoms with Gasteiger partial charge in [0.1, 0.15) is 0 Å². The van der Waals surface area contributed by atoms with Crippen LogP contribution in [-0.2, 0) is 6.54 Å². The Morgan fingerprint density at radius 3 is 2.78 bits per heavy atom. The summed E-state index contributed by atoms with van der Waals surface area (Å²) in [7, 11) is 0. The van der Waals surface area contributed by atoms with Crippen LogP contribution in [0, 0.1) is 5.41 Å². The number of likely N-dealkylation sites (tertiary alicyclic amines) is 1.